The molecule has 0 spiro atoms. The Labute approximate surface area is 113 Å². The molecule has 19 heavy (non-hydrogen) atoms. The normalized spacial score (nSPS) is 33.1. The molecule has 3 nitrogen and oxygen atoms in total. The van der Waals surface area contributed by atoms with E-state index >= 15 is 0 Å². The van der Waals surface area contributed by atoms with Gasteiger partial charge in [-0.25, -0.2) is 4.79 Å². The molecule has 3 heteroatoms. The van der Waals surface area contributed by atoms with Gasteiger partial charge >= 0.3 is 5.97 Å². The highest BCUT2D eigenvalue weighted by molar-refractivity contribution is 5.83. The van der Waals surface area contributed by atoms with E-state index in [4.69, 9.17) is 4.74 Å². The lowest BCUT2D eigenvalue weighted by atomic mass is 9.73. The Hall–Kier alpha value is -1.51. The van der Waals surface area contributed by atoms with Crippen molar-refractivity contribution in [3.63, 3.8) is 0 Å². The molecular formula is C16H19NO2. The predicted molar refractivity (Wildman–Crippen MR) is 72.3 cm³/mol. The molecule has 0 amide bonds. The van der Waals surface area contributed by atoms with E-state index in [1.807, 2.05) is 0 Å². The summed E-state index contributed by atoms with van der Waals surface area (Å²) in [6.07, 6.45) is 8.34. The zero-order valence-electron chi connectivity index (χ0n) is 11.3. The first-order valence-corrected chi connectivity index (χ1v) is 7.32. The van der Waals surface area contributed by atoms with E-state index in [1.54, 1.807) is 6.08 Å². The maximum atomic E-state index is 11.6. The van der Waals surface area contributed by atoms with Crippen molar-refractivity contribution in [3.05, 3.63) is 34.6 Å². The van der Waals surface area contributed by atoms with Gasteiger partial charge in [-0.05, 0) is 43.8 Å². The SMILES string of the molecule is CC1=C2CCCN3CCCC(=C23)C2OC(=O)C=CC12. The van der Waals surface area contributed by atoms with Gasteiger partial charge in [-0.1, -0.05) is 11.6 Å². The minimum absolute atomic E-state index is 0.0304. The molecule has 3 aliphatic heterocycles. The number of fused-ring (bicyclic) bond motifs is 2. The third kappa shape index (κ3) is 1.54. The number of allylic oxidation sites excluding steroid dienone is 1. The molecule has 4 aliphatic rings. The zero-order valence-corrected chi connectivity index (χ0v) is 11.3. The monoisotopic (exact) mass is 257 g/mol. The van der Waals surface area contributed by atoms with Gasteiger partial charge in [-0.2, -0.15) is 0 Å². The fraction of sp³-hybridized carbons (Fsp3) is 0.562. The molecule has 1 fully saturated rings. The summed E-state index contributed by atoms with van der Waals surface area (Å²) >= 11 is 0. The number of nitrogens with zero attached hydrogens (tertiary/aromatic N) is 1. The van der Waals surface area contributed by atoms with Crippen molar-refractivity contribution in [3.8, 4) is 0 Å². The van der Waals surface area contributed by atoms with Crippen molar-refractivity contribution < 1.29 is 9.53 Å². The maximum absolute atomic E-state index is 11.6. The molecule has 4 rings (SSSR count). The van der Waals surface area contributed by atoms with Crippen LogP contribution in [-0.4, -0.2) is 30.1 Å². The van der Waals surface area contributed by atoms with Gasteiger partial charge in [0.25, 0.3) is 0 Å². The molecule has 1 saturated heterocycles. The first-order valence-electron chi connectivity index (χ1n) is 7.32. The summed E-state index contributed by atoms with van der Waals surface area (Å²) < 4.78 is 5.65. The molecule has 100 valence electrons. The average Bonchev–Trinajstić information content (AvgIpc) is 2.44. The first-order chi connectivity index (χ1) is 9.25. The summed E-state index contributed by atoms with van der Waals surface area (Å²) in [5.41, 5.74) is 5.76. The van der Waals surface area contributed by atoms with Crippen LogP contribution in [0.1, 0.15) is 32.6 Å². The molecule has 2 atom stereocenters. The molecule has 1 aliphatic carbocycles. The Balaban J connectivity index is 1.89. The van der Waals surface area contributed by atoms with E-state index < -0.39 is 0 Å². The summed E-state index contributed by atoms with van der Waals surface area (Å²) in [7, 11) is 0. The molecule has 0 bridgehead atoms. The number of hydrogen-bond acceptors (Lipinski definition) is 3. The standard InChI is InChI=1S/C16H19NO2/c1-10-11-4-2-8-17-9-3-5-13(15(11)17)16-12(10)6-7-14(18)19-16/h6-7,12,16H,2-5,8-9H2,1H3. The summed E-state index contributed by atoms with van der Waals surface area (Å²) in [6, 6.07) is 0. The maximum Gasteiger partial charge on any atom is 0.331 e. The van der Waals surface area contributed by atoms with Crippen LogP contribution in [0.2, 0.25) is 0 Å². The lowest BCUT2D eigenvalue weighted by Gasteiger charge is -2.46. The highest BCUT2D eigenvalue weighted by atomic mass is 16.5. The van der Waals surface area contributed by atoms with Crippen LogP contribution in [0.4, 0.5) is 0 Å². The molecule has 0 aromatic carbocycles. The summed E-state index contributed by atoms with van der Waals surface area (Å²) in [4.78, 5) is 14.1. The zero-order chi connectivity index (χ0) is 13.0. The van der Waals surface area contributed by atoms with Crippen LogP contribution in [0.3, 0.4) is 0 Å². The van der Waals surface area contributed by atoms with Crippen LogP contribution < -0.4 is 0 Å². The van der Waals surface area contributed by atoms with Gasteiger partial charge in [-0.15, -0.1) is 0 Å². The summed E-state index contributed by atoms with van der Waals surface area (Å²) in [5, 5.41) is 0. The average molecular weight is 257 g/mol. The molecule has 0 aromatic heterocycles. The van der Waals surface area contributed by atoms with Gasteiger partial charge in [0.15, 0.2) is 0 Å². The second kappa shape index (κ2) is 3.99. The Morgan fingerprint density at radius 1 is 1.26 bits per heavy atom. The molecule has 0 saturated carbocycles. The van der Waals surface area contributed by atoms with E-state index in [0.717, 1.165) is 19.5 Å². The van der Waals surface area contributed by atoms with Crippen molar-refractivity contribution in [1.82, 2.24) is 4.90 Å². The van der Waals surface area contributed by atoms with Crippen LogP contribution in [0.25, 0.3) is 0 Å². The van der Waals surface area contributed by atoms with Crippen LogP contribution in [0.5, 0.6) is 0 Å². The fourth-order valence-corrected chi connectivity index (χ4v) is 4.11. The minimum atomic E-state index is -0.182. The first kappa shape index (κ1) is 11.3. The molecular weight excluding hydrogens is 238 g/mol. The van der Waals surface area contributed by atoms with Crippen molar-refractivity contribution in [2.45, 2.75) is 38.7 Å². The van der Waals surface area contributed by atoms with E-state index in [-0.39, 0.29) is 18.0 Å². The van der Waals surface area contributed by atoms with E-state index in [2.05, 4.69) is 17.9 Å². The Bertz CT molecular complexity index is 541. The van der Waals surface area contributed by atoms with Crippen molar-refractivity contribution >= 4 is 5.97 Å². The Morgan fingerprint density at radius 2 is 2.05 bits per heavy atom. The van der Waals surface area contributed by atoms with Crippen LogP contribution in [-0.2, 0) is 9.53 Å². The van der Waals surface area contributed by atoms with Gasteiger partial charge in [0.2, 0.25) is 0 Å². The third-order valence-electron chi connectivity index (χ3n) is 4.96. The van der Waals surface area contributed by atoms with Gasteiger partial charge in [0, 0.05) is 30.8 Å². The summed E-state index contributed by atoms with van der Waals surface area (Å²) in [6.45, 7) is 4.55. The van der Waals surface area contributed by atoms with Crippen molar-refractivity contribution in [1.29, 1.82) is 0 Å². The number of rotatable bonds is 0. The second-order valence-corrected chi connectivity index (χ2v) is 5.97. The van der Waals surface area contributed by atoms with E-state index in [9.17, 15) is 4.79 Å². The smallest absolute Gasteiger partial charge is 0.331 e. The lowest BCUT2D eigenvalue weighted by molar-refractivity contribution is -0.144. The van der Waals surface area contributed by atoms with Crippen LogP contribution in [0, 0.1) is 5.92 Å². The van der Waals surface area contributed by atoms with Gasteiger partial charge < -0.3 is 9.64 Å². The lowest BCUT2D eigenvalue weighted by Crippen LogP contribution is -2.43. The fourth-order valence-electron chi connectivity index (χ4n) is 4.11. The molecule has 3 heterocycles. The summed E-state index contributed by atoms with van der Waals surface area (Å²) in [5.74, 6) is 0.100. The number of piperidine rings is 1. The number of ether oxygens (including phenoxy) is 1. The quantitative estimate of drug-likeness (QED) is 0.625. The van der Waals surface area contributed by atoms with E-state index in [0.29, 0.717) is 0 Å². The second-order valence-electron chi connectivity index (χ2n) is 5.97. The number of carbonyl (C=O) groups is 1. The van der Waals surface area contributed by atoms with Crippen molar-refractivity contribution in [2.24, 2.45) is 5.92 Å². The van der Waals surface area contributed by atoms with Gasteiger partial charge in [0.05, 0.1) is 0 Å². The highest BCUT2D eigenvalue weighted by Gasteiger charge is 2.41. The Morgan fingerprint density at radius 3 is 2.89 bits per heavy atom. The molecule has 0 aromatic rings. The molecule has 0 radical (unpaired) electrons. The topological polar surface area (TPSA) is 29.5 Å². The third-order valence-corrected chi connectivity index (χ3v) is 4.96. The molecule has 0 N–H and O–H groups in total. The minimum Gasteiger partial charge on any atom is -0.454 e. The van der Waals surface area contributed by atoms with Crippen molar-refractivity contribution in [2.75, 3.05) is 13.1 Å². The van der Waals surface area contributed by atoms with Crippen LogP contribution in [0.15, 0.2) is 34.6 Å². The number of esters is 1. The highest BCUT2D eigenvalue weighted by Crippen LogP contribution is 2.46. The van der Waals surface area contributed by atoms with E-state index in [1.165, 1.54) is 41.7 Å². The molecule has 2 unspecified atom stereocenters. The Kier molecular flexibility index (Phi) is 2.38. The van der Waals surface area contributed by atoms with Gasteiger partial charge in [-0.3, -0.25) is 0 Å². The number of carbonyl (C=O) groups excluding carboxylic acids is 1. The predicted octanol–water partition coefficient (Wildman–Crippen LogP) is 2.56. The van der Waals surface area contributed by atoms with Gasteiger partial charge in [0.1, 0.15) is 6.10 Å². The largest absolute Gasteiger partial charge is 0.454 e. The van der Waals surface area contributed by atoms with Crippen LogP contribution >= 0.6 is 0 Å². The number of hydrogen-bond donors (Lipinski definition) is 0.